The molecule has 0 aliphatic heterocycles. The first-order valence-electron chi connectivity index (χ1n) is 23.0. The Kier molecular flexibility index (Phi) is 10.9. The highest BCUT2D eigenvalue weighted by Crippen LogP contribution is 2.78. The number of carboxylic acids is 1. The first kappa shape index (κ1) is 41.8. The van der Waals surface area contributed by atoms with Gasteiger partial charge < -0.3 is 9.84 Å². The maximum Gasteiger partial charge on any atom is 0.309 e. The van der Waals surface area contributed by atoms with Crippen molar-refractivity contribution >= 4 is 35.1 Å². The van der Waals surface area contributed by atoms with Gasteiger partial charge in [0.05, 0.1) is 11.6 Å². The summed E-state index contributed by atoms with van der Waals surface area (Å²) in [6, 6.07) is 33.8. The Balaban J connectivity index is 1.14. The second kappa shape index (κ2) is 15.2. The molecule has 5 aliphatic carbocycles. The van der Waals surface area contributed by atoms with Gasteiger partial charge in [0, 0.05) is 12.3 Å². The summed E-state index contributed by atoms with van der Waals surface area (Å²) in [4.78, 5) is 26.3. The molecule has 3 aromatic carbocycles. The lowest BCUT2D eigenvalue weighted by Gasteiger charge is -2.73. The molecule has 3 aromatic rings. The van der Waals surface area contributed by atoms with Crippen LogP contribution in [0.5, 0.6) is 0 Å². The van der Waals surface area contributed by atoms with Gasteiger partial charge in [-0.3, -0.25) is 9.59 Å². The fourth-order valence-corrected chi connectivity index (χ4v) is 20.6. The summed E-state index contributed by atoms with van der Waals surface area (Å²) in [5, 5.41) is 15.2. The van der Waals surface area contributed by atoms with Gasteiger partial charge in [-0.15, -0.1) is 0 Å². The number of carbonyl (C=O) groups excluding carboxylic acids is 1. The van der Waals surface area contributed by atoms with Crippen LogP contribution in [0.1, 0.15) is 126 Å². The lowest BCUT2D eigenvalue weighted by Crippen LogP contribution is -2.68. The number of carboxylic acid groups (broad SMARTS) is 1. The molecule has 1 N–H and O–H groups in total. The molecule has 312 valence electrons. The minimum atomic E-state index is -1.99. The van der Waals surface area contributed by atoms with Crippen molar-refractivity contribution in [2.24, 2.45) is 68.5 Å². The average molecular weight is 804 g/mol. The van der Waals surface area contributed by atoms with Crippen molar-refractivity contribution < 1.29 is 19.4 Å². The number of benzene rings is 3. The summed E-state index contributed by atoms with van der Waals surface area (Å²) >= 11 is 0. The normalized spacial score (nSPS) is 37.8. The molecule has 0 saturated heterocycles. The fraction of sp³-hybridized carbons (Fsp3) is 0.623. The van der Waals surface area contributed by atoms with E-state index in [2.05, 4.69) is 139 Å². The topological polar surface area (TPSA) is 63.6 Å². The Morgan fingerprint density at radius 2 is 1.29 bits per heavy atom. The molecule has 0 spiro atoms. The summed E-state index contributed by atoms with van der Waals surface area (Å²) in [7, 11) is -1.99. The largest absolute Gasteiger partial charge is 0.481 e. The number of rotatable bonds is 10. The van der Waals surface area contributed by atoms with E-state index in [1.807, 2.05) is 0 Å². The quantitative estimate of drug-likeness (QED) is 0.164. The van der Waals surface area contributed by atoms with Gasteiger partial charge in [-0.1, -0.05) is 103 Å². The van der Waals surface area contributed by atoms with Crippen molar-refractivity contribution in [3.8, 4) is 0 Å². The third kappa shape index (κ3) is 6.21. The summed E-state index contributed by atoms with van der Waals surface area (Å²) in [6.45, 7) is 19.1. The second-order valence-electron chi connectivity index (χ2n) is 21.6. The molecule has 11 atom stereocenters. The average Bonchev–Trinajstić information content (AvgIpc) is 3.61. The number of ether oxygens (including phenoxy) is 1. The lowest BCUT2D eigenvalue weighted by molar-refractivity contribution is -0.261. The molecular formula is C53H72O4P+. The van der Waals surface area contributed by atoms with Crippen molar-refractivity contribution in [2.75, 3.05) is 6.16 Å². The maximum atomic E-state index is 13.3. The van der Waals surface area contributed by atoms with Crippen molar-refractivity contribution in [3.63, 3.8) is 0 Å². The summed E-state index contributed by atoms with van der Waals surface area (Å²) in [6.07, 6.45) is 12.6. The van der Waals surface area contributed by atoms with Gasteiger partial charge in [-0.25, -0.2) is 0 Å². The molecule has 4 nitrogen and oxygen atoms in total. The summed E-state index contributed by atoms with van der Waals surface area (Å²) in [5.41, 5.74) is -0.353. The van der Waals surface area contributed by atoms with Crippen molar-refractivity contribution in [1.29, 1.82) is 0 Å². The molecule has 8 rings (SSSR count). The van der Waals surface area contributed by atoms with Crippen molar-refractivity contribution in [1.82, 2.24) is 0 Å². The molecule has 0 bridgehead atoms. The number of aliphatic carboxylic acids is 1. The molecule has 5 saturated carbocycles. The van der Waals surface area contributed by atoms with Crippen LogP contribution >= 0.6 is 7.26 Å². The Bertz CT molecular complexity index is 1850. The lowest BCUT2D eigenvalue weighted by atomic mass is 9.31. The number of hydrogen-bond acceptors (Lipinski definition) is 3. The Morgan fingerprint density at radius 1 is 0.724 bits per heavy atom. The van der Waals surface area contributed by atoms with Crippen LogP contribution in [0.3, 0.4) is 0 Å². The minimum absolute atomic E-state index is 0.102. The molecular weight excluding hydrogens is 732 g/mol. The molecule has 5 aliphatic rings. The number of carbonyl (C=O) groups is 2. The first-order chi connectivity index (χ1) is 27.6. The zero-order chi connectivity index (χ0) is 41.3. The van der Waals surface area contributed by atoms with Crippen LogP contribution in [-0.2, 0) is 14.3 Å². The summed E-state index contributed by atoms with van der Waals surface area (Å²) < 4.78 is 6.55. The highest BCUT2D eigenvalue weighted by Gasteiger charge is 2.73. The van der Waals surface area contributed by atoms with E-state index >= 15 is 0 Å². The molecule has 0 radical (unpaired) electrons. The third-order valence-corrected chi connectivity index (χ3v) is 23.3. The van der Waals surface area contributed by atoms with E-state index < -0.39 is 18.6 Å². The van der Waals surface area contributed by atoms with Gasteiger partial charge in [0.1, 0.15) is 29.3 Å². The van der Waals surface area contributed by atoms with Crippen LogP contribution in [0.4, 0.5) is 0 Å². The maximum absolute atomic E-state index is 13.3. The minimum Gasteiger partial charge on any atom is -0.481 e. The van der Waals surface area contributed by atoms with Gasteiger partial charge in [0.25, 0.3) is 0 Å². The van der Waals surface area contributed by atoms with Gasteiger partial charge in [-0.2, -0.15) is 0 Å². The van der Waals surface area contributed by atoms with E-state index in [9.17, 15) is 14.7 Å². The molecule has 0 heterocycles. The SMILES string of the molecule is CC(=O)O[C@H]1C(CCC[P+](c2ccccc2)(c2ccccc2)c2ccccc2)C[C@]2(C)[C@H]3CC[C@@H]4[C@H]5[C@H](C(C)C)CC[C@]5(C(=O)O)CC[C@@]4(C)[C@]3(C)CC[C@H]2C1(C)C. The smallest absolute Gasteiger partial charge is 0.309 e. The van der Waals surface area contributed by atoms with Crippen LogP contribution in [0, 0.1) is 68.5 Å². The van der Waals surface area contributed by atoms with Crippen LogP contribution in [0.15, 0.2) is 91.0 Å². The first-order valence-corrected chi connectivity index (χ1v) is 25.0. The molecule has 58 heavy (non-hydrogen) atoms. The number of esters is 1. The third-order valence-electron chi connectivity index (χ3n) is 18.7. The number of hydrogen-bond donors (Lipinski definition) is 1. The van der Waals surface area contributed by atoms with E-state index in [1.54, 1.807) is 6.92 Å². The van der Waals surface area contributed by atoms with Gasteiger partial charge in [-0.05, 0) is 165 Å². The zero-order valence-electron chi connectivity index (χ0n) is 36.9. The second-order valence-corrected chi connectivity index (χ2v) is 25.2. The van der Waals surface area contributed by atoms with Crippen LogP contribution in [0.25, 0.3) is 0 Å². The Morgan fingerprint density at radius 3 is 1.81 bits per heavy atom. The summed E-state index contributed by atoms with van der Waals surface area (Å²) in [5.74, 6) is 2.35. The van der Waals surface area contributed by atoms with E-state index in [4.69, 9.17) is 4.74 Å². The zero-order valence-corrected chi connectivity index (χ0v) is 37.8. The Hall–Kier alpha value is -2.97. The predicted octanol–water partition coefficient (Wildman–Crippen LogP) is 11.7. The van der Waals surface area contributed by atoms with E-state index in [-0.39, 0.29) is 45.6 Å². The van der Waals surface area contributed by atoms with Gasteiger partial charge in [0.15, 0.2) is 0 Å². The van der Waals surface area contributed by atoms with Crippen molar-refractivity contribution in [3.05, 3.63) is 91.0 Å². The van der Waals surface area contributed by atoms with Crippen LogP contribution in [-0.4, -0.2) is 29.3 Å². The molecule has 0 amide bonds. The highest BCUT2D eigenvalue weighted by molar-refractivity contribution is 7.95. The molecule has 0 aromatic heterocycles. The van der Waals surface area contributed by atoms with Crippen LogP contribution in [0.2, 0.25) is 0 Å². The molecule has 5 fully saturated rings. The predicted molar refractivity (Wildman–Crippen MR) is 240 cm³/mol. The number of fused-ring (bicyclic) bond motifs is 7. The van der Waals surface area contributed by atoms with Gasteiger partial charge >= 0.3 is 11.9 Å². The van der Waals surface area contributed by atoms with E-state index in [0.717, 1.165) is 63.9 Å². The monoisotopic (exact) mass is 804 g/mol. The standard InChI is InChI=1S/C53H71O4P/c1-36(2)42-28-31-53(48(55)56)33-32-51(7)43(46(42)53)26-27-45-50(6)35-38(47(57-37(3)54)49(4,5)44(50)29-30-52(45,51)8)19-18-34-58(39-20-12-9-13-21-39,40-22-14-10-15-23-40)41-24-16-11-17-25-41/h9-17,20-25,36,38,42-47H,18-19,26-35H2,1-8H3/p+1/t38?,42-,43+,44-,45+,46+,47-,50-,51+,52+,53-/m0/s1. The molecule has 1 unspecified atom stereocenters. The van der Waals surface area contributed by atoms with Gasteiger partial charge in [0.2, 0.25) is 0 Å². The molecule has 5 heteroatoms. The van der Waals surface area contributed by atoms with Crippen LogP contribution < -0.4 is 15.9 Å². The van der Waals surface area contributed by atoms with E-state index in [0.29, 0.717) is 29.6 Å². The highest BCUT2D eigenvalue weighted by atomic mass is 31.2. The Labute approximate surface area is 351 Å². The van der Waals surface area contributed by atoms with E-state index in [1.165, 1.54) is 28.8 Å². The fourth-order valence-electron chi connectivity index (χ4n) is 16.3. The van der Waals surface area contributed by atoms with Crippen molar-refractivity contribution in [2.45, 2.75) is 132 Å².